The molecule has 76 valence electrons. The molecule has 14 heavy (non-hydrogen) atoms. The zero-order chi connectivity index (χ0) is 10.9. The minimum Gasteiger partial charge on any atom is -0.506 e. The van der Waals surface area contributed by atoms with Crippen LogP contribution in [0.25, 0.3) is 0 Å². The number of nitrogens with one attached hydrogen (secondary N) is 1. The highest BCUT2D eigenvalue weighted by atomic mass is 19.4. The first-order valence-corrected chi connectivity index (χ1v) is 3.43. The molecule has 0 saturated heterocycles. The average Bonchev–Trinajstić information content (AvgIpc) is 2.01. The molecule has 0 aliphatic rings. The molecule has 0 fully saturated rings. The van der Waals surface area contributed by atoms with Gasteiger partial charge < -0.3 is 10.8 Å². The van der Waals surface area contributed by atoms with Crippen LogP contribution in [0.1, 0.15) is 11.3 Å². The number of halogens is 3. The Kier molecular flexibility index (Phi) is 2.33. The number of nitrogen functional groups attached to an aromatic ring is 1. The van der Waals surface area contributed by atoms with E-state index in [0.29, 0.717) is 12.3 Å². The van der Waals surface area contributed by atoms with Crippen molar-refractivity contribution in [1.29, 1.82) is 5.41 Å². The summed E-state index contributed by atoms with van der Waals surface area (Å²) in [5.74, 6) is -1.34. The smallest absolute Gasteiger partial charge is 0.418 e. The summed E-state index contributed by atoms with van der Waals surface area (Å²) in [6.07, 6.45) is -4.06. The van der Waals surface area contributed by atoms with Gasteiger partial charge >= 0.3 is 6.18 Å². The molecule has 1 rings (SSSR count). The molecule has 0 unspecified atom stereocenters. The molecule has 0 aromatic carbocycles. The van der Waals surface area contributed by atoms with Crippen LogP contribution in [0.4, 0.5) is 13.2 Å². The van der Waals surface area contributed by atoms with E-state index in [9.17, 15) is 13.2 Å². The summed E-state index contributed by atoms with van der Waals surface area (Å²) >= 11 is 0. The molecule has 0 aliphatic heterocycles. The van der Waals surface area contributed by atoms with Crippen LogP contribution in [-0.2, 0) is 6.18 Å². The lowest BCUT2D eigenvalue weighted by Gasteiger charge is -2.07. The van der Waals surface area contributed by atoms with Gasteiger partial charge in [-0.3, -0.25) is 5.41 Å². The van der Waals surface area contributed by atoms with E-state index >= 15 is 0 Å². The third kappa shape index (κ3) is 1.93. The number of nitrogens with two attached hydrogens (primary N) is 1. The molecule has 4 nitrogen and oxygen atoms in total. The Hall–Kier alpha value is -1.79. The van der Waals surface area contributed by atoms with Crippen molar-refractivity contribution in [3.63, 3.8) is 0 Å². The number of hydrogen-bond acceptors (Lipinski definition) is 3. The third-order valence-corrected chi connectivity index (χ3v) is 1.45. The third-order valence-electron chi connectivity index (χ3n) is 1.45. The van der Waals surface area contributed by atoms with Gasteiger partial charge in [-0.2, -0.15) is 13.2 Å². The monoisotopic (exact) mass is 205 g/mol. The number of pyridine rings is 1. The van der Waals surface area contributed by atoms with Gasteiger partial charge in [0.1, 0.15) is 17.3 Å². The van der Waals surface area contributed by atoms with Gasteiger partial charge in [0.05, 0.1) is 5.56 Å². The van der Waals surface area contributed by atoms with Crippen LogP contribution in [-0.4, -0.2) is 15.9 Å². The maximum absolute atomic E-state index is 12.1. The average molecular weight is 205 g/mol. The second-order valence-corrected chi connectivity index (χ2v) is 2.50. The van der Waals surface area contributed by atoms with E-state index in [2.05, 4.69) is 4.98 Å². The van der Waals surface area contributed by atoms with E-state index in [4.69, 9.17) is 16.2 Å². The summed E-state index contributed by atoms with van der Waals surface area (Å²) in [4.78, 5) is 3.22. The lowest BCUT2D eigenvalue weighted by molar-refractivity contribution is -0.137. The van der Waals surface area contributed by atoms with Gasteiger partial charge in [-0.05, 0) is 6.07 Å². The molecule has 7 heteroatoms. The Bertz CT molecular complexity index is 375. The van der Waals surface area contributed by atoms with E-state index in [-0.39, 0.29) is 5.69 Å². The van der Waals surface area contributed by atoms with Crippen molar-refractivity contribution in [2.24, 2.45) is 5.73 Å². The molecule has 1 aromatic heterocycles. The van der Waals surface area contributed by atoms with Gasteiger partial charge in [-0.25, -0.2) is 4.98 Å². The molecular formula is C7H6F3N3O. The highest BCUT2D eigenvalue weighted by Crippen LogP contribution is 2.31. The molecule has 0 amide bonds. The zero-order valence-corrected chi connectivity index (χ0v) is 6.76. The second-order valence-electron chi connectivity index (χ2n) is 2.50. The fourth-order valence-corrected chi connectivity index (χ4v) is 0.816. The number of aromatic hydroxyl groups is 1. The highest BCUT2D eigenvalue weighted by Gasteiger charge is 2.31. The molecule has 0 aliphatic carbocycles. The van der Waals surface area contributed by atoms with Crippen LogP contribution in [0.15, 0.2) is 12.3 Å². The van der Waals surface area contributed by atoms with E-state index < -0.39 is 23.3 Å². The quantitative estimate of drug-likeness (QED) is 0.474. The summed E-state index contributed by atoms with van der Waals surface area (Å²) < 4.78 is 36.2. The van der Waals surface area contributed by atoms with Crippen LogP contribution < -0.4 is 5.73 Å². The Balaban J connectivity index is 3.20. The maximum atomic E-state index is 12.1. The predicted octanol–water partition coefficient (Wildman–Crippen LogP) is 1.09. The summed E-state index contributed by atoms with van der Waals surface area (Å²) in [6.45, 7) is 0. The molecule has 0 saturated carbocycles. The minimum atomic E-state index is -4.57. The number of amidine groups is 1. The minimum absolute atomic E-state index is 0.363. The fourth-order valence-electron chi connectivity index (χ4n) is 0.816. The Labute approximate surface area is 76.7 Å². The number of aromatic nitrogens is 1. The molecule has 0 radical (unpaired) electrons. The van der Waals surface area contributed by atoms with Gasteiger partial charge in [0.15, 0.2) is 0 Å². The van der Waals surface area contributed by atoms with Crippen molar-refractivity contribution in [2.45, 2.75) is 6.18 Å². The van der Waals surface area contributed by atoms with Crippen molar-refractivity contribution in [1.82, 2.24) is 4.98 Å². The molecule has 0 bridgehead atoms. The van der Waals surface area contributed by atoms with E-state index in [1.165, 1.54) is 0 Å². The molecule has 1 aromatic rings. The summed E-state index contributed by atoms with van der Waals surface area (Å²) in [5, 5.41) is 15.9. The second kappa shape index (κ2) is 3.17. The fraction of sp³-hybridized carbons (Fsp3) is 0.143. The van der Waals surface area contributed by atoms with Crippen LogP contribution in [0.2, 0.25) is 0 Å². The van der Waals surface area contributed by atoms with E-state index in [0.717, 1.165) is 0 Å². The van der Waals surface area contributed by atoms with Crippen molar-refractivity contribution >= 4 is 5.84 Å². The molecular weight excluding hydrogens is 199 g/mol. The number of rotatable bonds is 1. The lowest BCUT2D eigenvalue weighted by Crippen LogP contribution is -2.15. The van der Waals surface area contributed by atoms with E-state index in [1.807, 2.05) is 0 Å². The first kappa shape index (κ1) is 10.3. The zero-order valence-electron chi connectivity index (χ0n) is 6.76. The Morgan fingerprint density at radius 2 is 2.07 bits per heavy atom. The normalized spacial score (nSPS) is 11.4. The van der Waals surface area contributed by atoms with Gasteiger partial charge in [-0.1, -0.05) is 0 Å². The van der Waals surface area contributed by atoms with Gasteiger partial charge in [0, 0.05) is 6.20 Å². The number of alkyl halides is 3. The standard InChI is InChI=1S/C7H6F3N3O/c8-7(9,10)3-1-4(14)5(6(11)12)13-2-3/h1-2,14H,(H3,11,12). The van der Waals surface area contributed by atoms with Gasteiger partial charge in [0.2, 0.25) is 0 Å². The highest BCUT2D eigenvalue weighted by molar-refractivity contribution is 5.95. The van der Waals surface area contributed by atoms with E-state index in [1.54, 1.807) is 0 Å². The SMILES string of the molecule is N=C(N)c1ncc(C(F)(F)F)cc1O. The Morgan fingerprint density at radius 1 is 1.50 bits per heavy atom. The summed E-state index contributed by atoms with van der Waals surface area (Å²) in [7, 11) is 0. The molecule has 0 atom stereocenters. The summed E-state index contributed by atoms with van der Waals surface area (Å²) in [5.41, 5.74) is 3.51. The van der Waals surface area contributed by atoms with Crippen molar-refractivity contribution in [2.75, 3.05) is 0 Å². The lowest BCUT2D eigenvalue weighted by atomic mass is 10.2. The first-order chi connectivity index (χ1) is 6.32. The number of hydrogen-bond donors (Lipinski definition) is 3. The molecule has 4 N–H and O–H groups in total. The van der Waals surface area contributed by atoms with Crippen LogP contribution in [0.3, 0.4) is 0 Å². The van der Waals surface area contributed by atoms with Crippen LogP contribution in [0.5, 0.6) is 5.75 Å². The topological polar surface area (TPSA) is 83.0 Å². The van der Waals surface area contributed by atoms with Crippen molar-refractivity contribution < 1.29 is 18.3 Å². The largest absolute Gasteiger partial charge is 0.506 e. The Morgan fingerprint density at radius 3 is 2.43 bits per heavy atom. The molecule has 0 spiro atoms. The van der Waals surface area contributed by atoms with Crippen LogP contribution in [0, 0.1) is 5.41 Å². The van der Waals surface area contributed by atoms with Crippen molar-refractivity contribution in [3.8, 4) is 5.75 Å². The molecule has 1 heterocycles. The maximum Gasteiger partial charge on any atom is 0.418 e. The van der Waals surface area contributed by atoms with Gasteiger partial charge in [0.25, 0.3) is 0 Å². The van der Waals surface area contributed by atoms with Gasteiger partial charge in [-0.15, -0.1) is 0 Å². The van der Waals surface area contributed by atoms with Crippen LogP contribution >= 0.6 is 0 Å². The van der Waals surface area contributed by atoms with Crippen molar-refractivity contribution in [3.05, 3.63) is 23.5 Å². The first-order valence-electron chi connectivity index (χ1n) is 3.43. The predicted molar refractivity (Wildman–Crippen MR) is 41.9 cm³/mol. The summed E-state index contributed by atoms with van der Waals surface area (Å²) in [6, 6.07) is 0.476. The number of nitrogens with zero attached hydrogens (tertiary/aromatic N) is 1.